The van der Waals surface area contributed by atoms with E-state index in [0.29, 0.717) is 18.2 Å². The van der Waals surface area contributed by atoms with Crippen molar-refractivity contribution < 1.29 is 9.84 Å². The Hall–Kier alpha value is -2.86. The zero-order chi connectivity index (χ0) is 18.1. The third-order valence-electron chi connectivity index (χ3n) is 5.02. The number of β-amino-alcohol motifs (C(OH)–C–C–N with tert-alkyl or cyclic N) is 1. The van der Waals surface area contributed by atoms with Crippen LogP contribution in [0.2, 0.25) is 0 Å². The third-order valence-corrected chi connectivity index (χ3v) is 5.02. The molecule has 2 heterocycles. The predicted octanol–water partition coefficient (Wildman–Crippen LogP) is 2.58. The first-order valence-electron chi connectivity index (χ1n) is 8.74. The van der Waals surface area contributed by atoms with Gasteiger partial charge in [0, 0.05) is 25.1 Å². The summed E-state index contributed by atoms with van der Waals surface area (Å²) >= 11 is 0. The Labute approximate surface area is 152 Å². The van der Waals surface area contributed by atoms with Gasteiger partial charge in [-0.05, 0) is 22.8 Å². The van der Waals surface area contributed by atoms with Gasteiger partial charge in [-0.1, -0.05) is 42.5 Å². The molecule has 0 bridgehead atoms. The van der Waals surface area contributed by atoms with E-state index in [9.17, 15) is 5.11 Å². The molecule has 1 aliphatic rings. The molecule has 6 heteroatoms. The van der Waals surface area contributed by atoms with Crippen molar-refractivity contribution >= 4 is 22.5 Å². The maximum Gasteiger partial charge on any atom is 0.225 e. The molecule has 134 valence electrons. The number of aromatic nitrogens is 2. The van der Waals surface area contributed by atoms with Gasteiger partial charge in [0.25, 0.3) is 0 Å². The largest absolute Gasteiger partial charge is 0.481 e. The van der Waals surface area contributed by atoms with Crippen LogP contribution in [0.25, 0.3) is 10.8 Å². The van der Waals surface area contributed by atoms with Gasteiger partial charge in [-0.2, -0.15) is 9.97 Å². The molecule has 1 saturated heterocycles. The second kappa shape index (κ2) is 6.80. The molecule has 1 aliphatic heterocycles. The van der Waals surface area contributed by atoms with Gasteiger partial charge in [-0.15, -0.1) is 0 Å². The minimum absolute atomic E-state index is 0.108. The Morgan fingerprint density at radius 2 is 1.92 bits per heavy atom. The molecule has 0 unspecified atom stereocenters. The molecule has 26 heavy (non-hydrogen) atoms. The number of nitrogen functional groups attached to an aromatic ring is 1. The van der Waals surface area contributed by atoms with Crippen molar-refractivity contribution in [1.29, 1.82) is 0 Å². The lowest BCUT2D eigenvalue weighted by Crippen LogP contribution is -2.43. The number of piperidine rings is 1. The van der Waals surface area contributed by atoms with E-state index in [-0.39, 0.29) is 11.9 Å². The van der Waals surface area contributed by atoms with E-state index < -0.39 is 6.10 Å². The quantitative estimate of drug-likeness (QED) is 0.755. The summed E-state index contributed by atoms with van der Waals surface area (Å²) < 4.78 is 5.16. The molecule has 2 aromatic carbocycles. The number of rotatable bonds is 3. The van der Waals surface area contributed by atoms with Crippen LogP contribution in [0.4, 0.5) is 11.8 Å². The average molecular weight is 350 g/mol. The Balaban J connectivity index is 1.55. The van der Waals surface area contributed by atoms with E-state index in [1.54, 1.807) is 13.2 Å². The number of nitrogens with two attached hydrogens (primary N) is 1. The van der Waals surface area contributed by atoms with Gasteiger partial charge in [0.2, 0.25) is 11.8 Å². The standard InChI is InChI=1S/C20H22N4O2/c1-26-19-11-18(22-20(21)23-19)24-9-8-16(17(25)12-24)15-7-6-13-4-2-3-5-14(13)10-15/h2-7,10-11,16-17,25H,8-9,12H2,1H3,(H2,21,22,23)/t16-,17+/m0/s1. The highest BCUT2D eigenvalue weighted by molar-refractivity contribution is 5.83. The third kappa shape index (κ3) is 3.15. The van der Waals surface area contributed by atoms with Crippen molar-refractivity contribution in [3.63, 3.8) is 0 Å². The summed E-state index contributed by atoms with van der Waals surface area (Å²) in [5, 5.41) is 13.2. The summed E-state index contributed by atoms with van der Waals surface area (Å²) in [4.78, 5) is 10.3. The molecule has 6 nitrogen and oxygen atoms in total. The summed E-state index contributed by atoms with van der Waals surface area (Å²) in [6.07, 6.45) is 0.359. The highest BCUT2D eigenvalue weighted by atomic mass is 16.5. The highest BCUT2D eigenvalue weighted by Crippen LogP contribution is 2.32. The predicted molar refractivity (Wildman–Crippen MR) is 103 cm³/mol. The molecule has 0 radical (unpaired) electrons. The molecule has 0 aliphatic carbocycles. The van der Waals surface area contributed by atoms with Crippen molar-refractivity contribution in [3.8, 4) is 5.88 Å². The van der Waals surface area contributed by atoms with Gasteiger partial charge >= 0.3 is 0 Å². The van der Waals surface area contributed by atoms with Crippen LogP contribution in [-0.2, 0) is 0 Å². The number of anilines is 2. The molecule has 1 aromatic heterocycles. The molecule has 0 spiro atoms. The molecular weight excluding hydrogens is 328 g/mol. The Morgan fingerprint density at radius 3 is 2.69 bits per heavy atom. The number of methoxy groups -OCH3 is 1. The Bertz CT molecular complexity index is 931. The van der Waals surface area contributed by atoms with Gasteiger partial charge in [0.1, 0.15) is 5.82 Å². The van der Waals surface area contributed by atoms with E-state index in [4.69, 9.17) is 10.5 Å². The number of aliphatic hydroxyl groups excluding tert-OH is 1. The molecule has 0 amide bonds. The SMILES string of the molecule is COc1cc(N2CC[C@@H](c3ccc4ccccc4c3)[C@H](O)C2)nc(N)n1. The minimum atomic E-state index is -0.480. The van der Waals surface area contributed by atoms with Gasteiger partial charge < -0.3 is 20.5 Å². The zero-order valence-corrected chi connectivity index (χ0v) is 14.7. The number of nitrogens with zero attached hydrogens (tertiary/aromatic N) is 3. The summed E-state index contributed by atoms with van der Waals surface area (Å²) in [7, 11) is 1.55. The van der Waals surface area contributed by atoms with Crippen LogP contribution in [0.1, 0.15) is 17.9 Å². The molecular formula is C20H22N4O2. The summed E-state index contributed by atoms with van der Waals surface area (Å²) in [5.74, 6) is 1.39. The van der Waals surface area contributed by atoms with Crippen molar-refractivity contribution in [3.05, 3.63) is 54.1 Å². The fourth-order valence-electron chi connectivity index (χ4n) is 3.66. The zero-order valence-electron chi connectivity index (χ0n) is 14.7. The van der Waals surface area contributed by atoms with Crippen molar-refractivity contribution in [1.82, 2.24) is 9.97 Å². The first kappa shape index (κ1) is 16.6. The molecule has 2 atom stereocenters. The summed E-state index contributed by atoms with van der Waals surface area (Å²) in [6.45, 7) is 1.28. The number of hydrogen-bond acceptors (Lipinski definition) is 6. The van der Waals surface area contributed by atoms with Gasteiger partial charge in [-0.25, -0.2) is 0 Å². The van der Waals surface area contributed by atoms with Crippen LogP contribution in [-0.4, -0.2) is 41.4 Å². The normalized spacial score (nSPS) is 20.3. The number of aliphatic hydroxyl groups is 1. The molecule has 3 aromatic rings. The number of ether oxygens (including phenoxy) is 1. The van der Waals surface area contributed by atoms with E-state index in [0.717, 1.165) is 13.0 Å². The molecule has 1 fully saturated rings. The lowest BCUT2D eigenvalue weighted by molar-refractivity contribution is 0.129. The van der Waals surface area contributed by atoms with Crippen molar-refractivity contribution in [2.75, 3.05) is 30.8 Å². The first-order chi connectivity index (χ1) is 12.6. The molecule has 4 rings (SSSR count). The van der Waals surface area contributed by atoms with E-state index >= 15 is 0 Å². The maximum atomic E-state index is 10.8. The lowest BCUT2D eigenvalue weighted by atomic mass is 9.86. The summed E-state index contributed by atoms with van der Waals surface area (Å²) in [6, 6.07) is 16.5. The van der Waals surface area contributed by atoms with Gasteiger partial charge in [0.15, 0.2) is 0 Å². The molecule has 0 saturated carbocycles. The van der Waals surface area contributed by atoms with Crippen LogP contribution in [0.3, 0.4) is 0 Å². The van der Waals surface area contributed by atoms with E-state index in [2.05, 4.69) is 40.3 Å². The smallest absolute Gasteiger partial charge is 0.225 e. The number of benzene rings is 2. The minimum Gasteiger partial charge on any atom is -0.481 e. The van der Waals surface area contributed by atoms with Crippen LogP contribution >= 0.6 is 0 Å². The van der Waals surface area contributed by atoms with Gasteiger partial charge in [-0.3, -0.25) is 0 Å². The van der Waals surface area contributed by atoms with Crippen molar-refractivity contribution in [2.45, 2.75) is 18.4 Å². The number of fused-ring (bicyclic) bond motifs is 1. The first-order valence-corrected chi connectivity index (χ1v) is 8.74. The van der Waals surface area contributed by atoms with Gasteiger partial charge in [0.05, 0.1) is 13.2 Å². The monoisotopic (exact) mass is 350 g/mol. The fourth-order valence-corrected chi connectivity index (χ4v) is 3.66. The topological polar surface area (TPSA) is 84.5 Å². The van der Waals surface area contributed by atoms with Crippen molar-refractivity contribution in [2.24, 2.45) is 0 Å². The lowest BCUT2D eigenvalue weighted by Gasteiger charge is -2.37. The van der Waals surface area contributed by atoms with Crippen LogP contribution in [0.15, 0.2) is 48.5 Å². The molecule has 3 N–H and O–H groups in total. The second-order valence-electron chi connectivity index (χ2n) is 6.64. The van der Waals surface area contributed by atoms with Crippen LogP contribution < -0.4 is 15.4 Å². The fraction of sp³-hybridized carbons (Fsp3) is 0.300. The maximum absolute atomic E-state index is 10.8. The van der Waals surface area contributed by atoms with E-state index in [1.807, 2.05) is 17.0 Å². The second-order valence-corrected chi connectivity index (χ2v) is 6.64. The van der Waals surface area contributed by atoms with Crippen LogP contribution in [0.5, 0.6) is 5.88 Å². The van der Waals surface area contributed by atoms with E-state index in [1.165, 1.54) is 16.3 Å². The number of hydrogen-bond donors (Lipinski definition) is 2. The summed E-state index contributed by atoms with van der Waals surface area (Å²) in [5.41, 5.74) is 6.93. The highest BCUT2D eigenvalue weighted by Gasteiger charge is 2.30. The Kier molecular flexibility index (Phi) is 4.34. The Morgan fingerprint density at radius 1 is 1.12 bits per heavy atom. The van der Waals surface area contributed by atoms with Crippen LogP contribution in [0, 0.1) is 0 Å². The average Bonchev–Trinajstić information content (AvgIpc) is 2.67.